The predicted octanol–water partition coefficient (Wildman–Crippen LogP) is 9.11. The average Bonchev–Trinajstić information content (AvgIpc) is 3.37. The maximum absolute atomic E-state index is 14.4. The number of furan rings is 1. The summed E-state index contributed by atoms with van der Waals surface area (Å²) >= 11 is -1.83. The van der Waals surface area contributed by atoms with Gasteiger partial charge in [0, 0.05) is 38.9 Å². The van der Waals surface area contributed by atoms with Crippen LogP contribution in [-0.2, 0) is 20.1 Å². The molecule has 6 aromatic rings. The van der Waals surface area contributed by atoms with Gasteiger partial charge in [0.25, 0.3) is 0 Å². The van der Waals surface area contributed by atoms with Gasteiger partial charge in [-0.2, -0.15) is 0 Å². The van der Waals surface area contributed by atoms with E-state index in [1.165, 1.54) is 16.5 Å². The first kappa shape index (κ1) is 25.6. The molecule has 1 radical (unpaired) electrons. The van der Waals surface area contributed by atoms with Gasteiger partial charge < -0.3 is 9.40 Å². The number of rotatable bonds is 4. The normalized spacial score (nSPS) is 13.3. The second-order valence-electron chi connectivity index (χ2n) is 10.9. The van der Waals surface area contributed by atoms with Crippen molar-refractivity contribution in [2.24, 2.45) is 0 Å². The van der Waals surface area contributed by atoms with Gasteiger partial charge in [0.1, 0.15) is 5.58 Å². The first-order chi connectivity index (χ1) is 20.6. The van der Waals surface area contributed by atoms with Gasteiger partial charge in [-0.1, -0.05) is 49.2 Å². The molecule has 0 unspecified atom stereocenters. The number of nitrogens with zero attached hydrogens (tertiary/aromatic N) is 2. The van der Waals surface area contributed by atoms with Crippen molar-refractivity contribution in [3.8, 4) is 22.5 Å². The number of hydrogen-bond donors (Lipinski definition) is 0. The topological polar surface area (TPSA) is 38.9 Å². The predicted molar refractivity (Wildman–Crippen MR) is 166 cm³/mol. The monoisotopic (exact) mass is 787 g/mol. The first-order valence-electron chi connectivity index (χ1n) is 15.1. The van der Waals surface area contributed by atoms with E-state index < -0.39 is 26.0 Å². The zero-order valence-electron chi connectivity index (χ0n) is 27.6. The Morgan fingerprint density at radius 3 is 2.41 bits per heavy atom. The Bertz CT molecular complexity index is 1870. The summed E-state index contributed by atoms with van der Waals surface area (Å²) in [6.07, 6.45) is 3.60. The maximum atomic E-state index is 14.4. The molecule has 0 spiro atoms. The van der Waals surface area contributed by atoms with E-state index in [-0.39, 0.29) is 25.9 Å². The molecule has 41 heavy (non-hydrogen) atoms. The Kier molecular flexibility index (Phi) is 7.99. The van der Waals surface area contributed by atoms with Crippen LogP contribution in [0.5, 0.6) is 0 Å². The molecule has 3 nitrogen and oxygen atoms in total. The number of pyridine rings is 2. The SMILES string of the molecule is [2H]C(C)(C)c1ccnc(-c2[c-]cc(F)c3c2oc2ccccc23)c1.[2H]C([2H])([2H])c1c[c-]c(-c2cc[c]([Ge]([CH3])([CH3])[CH3])cn2)cc1.[Ir]. The molecule has 3 aromatic carbocycles. The zero-order chi connectivity index (χ0) is 31.9. The summed E-state index contributed by atoms with van der Waals surface area (Å²) in [5, 5.41) is 1.17. The molecule has 0 saturated carbocycles. The molecule has 0 aliphatic carbocycles. The van der Waals surface area contributed by atoms with E-state index in [1.807, 2.05) is 62.5 Å². The number of fused-ring (bicyclic) bond motifs is 3. The van der Waals surface area contributed by atoms with E-state index in [4.69, 9.17) is 9.90 Å². The second-order valence-corrected chi connectivity index (χ2v) is 21.6. The fourth-order valence-corrected chi connectivity index (χ4v) is 6.55. The van der Waals surface area contributed by atoms with Gasteiger partial charge in [-0.25, -0.2) is 0 Å². The summed E-state index contributed by atoms with van der Waals surface area (Å²) in [6, 6.07) is 27.3. The minimum atomic E-state index is -2.08. The van der Waals surface area contributed by atoms with Gasteiger partial charge in [-0.05, 0) is 29.1 Å². The third kappa shape index (κ3) is 6.86. The number of para-hydroxylation sites is 1. The van der Waals surface area contributed by atoms with E-state index in [2.05, 4.69) is 45.4 Å². The van der Waals surface area contributed by atoms with Crippen molar-refractivity contribution in [3.63, 3.8) is 0 Å². The number of aryl methyl sites for hydroxylation is 1. The van der Waals surface area contributed by atoms with E-state index in [0.717, 1.165) is 22.2 Å². The first-order valence-corrected chi connectivity index (χ1v) is 20.4. The van der Waals surface area contributed by atoms with Crippen LogP contribution in [0.3, 0.4) is 0 Å². The molecule has 211 valence electrons. The molecule has 0 aliphatic rings. The third-order valence-electron chi connectivity index (χ3n) is 6.72. The van der Waals surface area contributed by atoms with Crippen LogP contribution in [0.15, 0.2) is 89.6 Å². The Hall–Kier alpha value is -3.12. The van der Waals surface area contributed by atoms with Gasteiger partial charge in [0.15, 0.2) is 0 Å². The van der Waals surface area contributed by atoms with Crippen LogP contribution in [0.2, 0.25) is 17.3 Å². The summed E-state index contributed by atoms with van der Waals surface area (Å²) in [5.74, 6) is 5.87. The van der Waals surface area contributed by atoms with Crippen molar-refractivity contribution in [1.82, 2.24) is 9.97 Å². The molecule has 0 atom stereocenters. The van der Waals surface area contributed by atoms with Crippen molar-refractivity contribution in [3.05, 3.63) is 114 Å². The minimum Gasteiger partial charge on any atom is 0 e. The van der Waals surface area contributed by atoms with Crippen molar-refractivity contribution in [1.29, 1.82) is 0 Å². The van der Waals surface area contributed by atoms with Gasteiger partial charge in [-0.3, -0.25) is 4.39 Å². The number of hydrogen-bond acceptors (Lipinski definition) is 3. The third-order valence-corrected chi connectivity index (χ3v) is 11.0. The van der Waals surface area contributed by atoms with E-state index >= 15 is 0 Å². The van der Waals surface area contributed by atoms with E-state index in [0.29, 0.717) is 33.4 Å². The Labute approximate surface area is 263 Å². The van der Waals surface area contributed by atoms with Crippen LogP contribution in [0.25, 0.3) is 44.5 Å². The van der Waals surface area contributed by atoms with Crippen molar-refractivity contribution in [2.75, 3.05) is 0 Å². The second kappa shape index (κ2) is 12.8. The quantitative estimate of drug-likeness (QED) is 0.132. The maximum Gasteiger partial charge on any atom is 0 e. The van der Waals surface area contributed by atoms with E-state index in [9.17, 15) is 4.39 Å². The Morgan fingerprint density at radius 2 is 1.76 bits per heavy atom. The smallest absolute Gasteiger partial charge is 0 e. The molecule has 6 heteroatoms. The Morgan fingerprint density at radius 1 is 0.951 bits per heavy atom. The molecular formula is C35H33FGeIrN2O-2. The summed E-state index contributed by atoms with van der Waals surface area (Å²) in [6.45, 7) is 1.56. The number of benzene rings is 3. The van der Waals surface area contributed by atoms with Crippen LogP contribution in [-0.4, -0.2) is 23.2 Å². The summed E-state index contributed by atoms with van der Waals surface area (Å²) in [7, 11) is 0. The van der Waals surface area contributed by atoms with Crippen LogP contribution in [0.1, 0.15) is 36.4 Å². The molecule has 3 heterocycles. The summed E-state index contributed by atoms with van der Waals surface area (Å²) in [5.41, 5.74) is 5.08. The van der Waals surface area contributed by atoms with Gasteiger partial charge in [0.05, 0.1) is 5.58 Å². The largest absolute Gasteiger partial charge is 0 e. The van der Waals surface area contributed by atoms with Crippen molar-refractivity contribution >= 4 is 39.6 Å². The van der Waals surface area contributed by atoms with Crippen LogP contribution < -0.4 is 4.40 Å². The van der Waals surface area contributed by atoms with Crippen LogP contribution >= 0.6 is 0 Å². The summed E-state index contributed by atoms with van der Waals surface area (Å²) in [4.78, 5) is 8.86. The molecule has 6 rings (SSSR count). The van der Waals surface area contributed by atoms with Crippen LogP contribution in [0.4, 0.5) is 4.39 Å². The molecule has 0 saturated heterocycles. The molecule has 3 aromatic heterocycles. The number of halogens is 1. The molecule has 0 amide bonds. The minimum absolute atomic E-state index is 0. The molecular weight excluding hydrogens is 748 g/mol. The fraction of sp³-hybridized carbons (Fsp3) is 0.200. The number of aromatic nitrogens is 2. The van der Waals surface area contributed by atoms with Gasteiger partial charge >= 0.3 is 110 Å². The standard InChI is InChI=1S/C20H15FNO.C15H18GeN.Ir/c1-12(2)13-9-10-22-17(11-13)14-7-8-16(21)19-15-5-3-4-6-18(15)23-20(14)19;1-12-5-7-13(8-6-12)15-10-9-14(11-17-15)16(2,3)4;/h3-6,8-12H,1-2H3;5-7,9-11H,1-4H3;/q2*-1;/i12D;1D3;. The molecule has 0 fully saturated rings. The molecule has 0 N–H and O–H groups in total. The fourth-order valence-electron chi connectivity index (χ4n) is 4.38. The van der Waals surface area contributed by atoms with Crippen molar-refractivity contribution < 1.29 is 34.4 Å². The summed E-state index contributed by atoms with van der Waals surface area (Å²) < 4.78 is 51.9. The van der Waals surface area contributed by atoms with E-state index in [1.54, 1.807) is 18.3 Å². The van der Waals surface area contributed by atoms with Crippen molar-refractivity contribution in [2.45, 2.75) is 43.9 Å². The van der Waals surface area contributed by atoms with Crippen LogP contribution in [0, 0.1) is 24.8 Å². The Balaban J connectivity index is 0.000000204. The zero-order valence-corrected chi connectivity index (χ0v) is 28.1. The average molecular weight is 786 g/mol. The van der Waals surface area contributed by atoms with Gasteiger partial charge in [0.2, 0.25) is 0 Å². The molecule has 0 aliphatic heterocycles. The molecule has 0 bridgehead atoms. The van der Waals surface area contributed by atoms with Gasteiger partial charge in [-0.15, -0.1) is 12.1 Å².